The third-order valence-corrected chi connectivity index (χ3v) is 3.97. The number of rotatable bonds is 3. The molecule has 21 heavy (non-hydrogen) atoms. The lowest BCUT2D eigenvalue weighted by Gasteiger charge is -2.10. The van der Waals surface area contributed by atoms with E-state index in [-0.39, 0.29) is 26.9 Å². The van der Waals surface area contributed by atoms with E-state index in [1.165, 1.54) is 18.2 Å². The van der Waals surface area contributed by atoms with Gasteiger partial charge < -0.3 is 10.4 Å². The van der Waals surface area contributed by atoms with Crippen LogP contribution in [0.25, 0.3) is 0 Å². The zero-order chi connectivity index (χ0) is 15.6. The van der Waals surface area contributed by atoms with Crippen molar-refractivity contribution in [2.75, 3.05) is 5.32 Å². The van der Waals surface area contributed by atoms with Crippen LogP contribution in [-0.2, 0) is 0 Å². The minimum atomic E-state index is -1.14. The van der Waals surface area contributed by atoms with E-state index >= 15 is 0 Å². The summed E-state index contributed by atoms with van der Waals surface area (Å²) in [6.45, 7) is 0. The van der Waals surface area contributed by atoms with Crippen LogP contribution >= 0.6 is 39.1 Å². The van der Waals surface area contributed by atoms with Gasteiger partial charge in [0.2, 0.25) is 0 Å². The second kappa shape index (κ2) is 6.47. The van der Waals surface area contributed by atoms with E-state index < -0.39 is 11.9 Å². The Labute approximate surface area is 138 Å². The molecule has 0 aromatic heterocycles. The number of anilines is 1. The lowest BCUT2D eigenvalue weighted by atomic mass is 10.1. The van der Waals surface area contributed by atoms with Gasteiger partial charge in [-0.05, 0) is 30.3 Å². The van der Waals surface area contributed by atoms with E-state index in [1.807, 2.05) is 0 Å². The van der Waals surface area contributed by atoms with Crippen LogP contribution in [0.3, 0.4) is 0 Å². The summed E-state index contributed by atoms with van der Waals surface area (Å²) in [5.74, 6) is -1.68. The van der Waals surface area contributed by atoms with Gasteiger partial charge in [-0.15, -0.1) is 0 Å². The highest BCUT2D eigenvalue weighted by Crippen LogP contribution is 2.27. The highest BCUT2D eigenvalue weighted by Gasteiger charge is 2.16. The van der Waals surface area contributed by atoms with E-state index in [4.69, 9.17) is 28.3 Å². The SMILES string of the molecule is O=C(O)c1ccc(Br)cc1NC(=O)c1cccc(Cl)c1Cl. The Morgan fingerprint density at radius 1 is 1.10 bits per heavy atom. The molecule has 2 N–H and O–H groups in total. The van der Waals surface area contributed by atoms with Crippen LogP contribution in [0, 0.1) is 0 Å². The number of nitrogens with one attached hydrogen (secondary N) is 1. The zero-order valence-corrected chi connectivity index (χ0v) is 13.5. The number of carboxylic acid groups (broad SMARTS) is 1. The summed E-state index contributed by atoms with van der Waals surface area (Å²) in [5, 5.41) is 12.0. The number of carbonyl (C=O) groups is 2. The van der Waals surface area contributed by atoms with Crippen molar-refractivity contribution in [3.63, 3.8) is 0 Å². The number of hydrogen-bond acceptors (Lipinski definition) is 2. The van der Waals surface area contributed by atoms with Gasteiger partial charge in [0.05, 0.1) is 26.9 Å². The Hall–Kier alpha value is -1.56. The molecule has 7 heteroatoms. The molecular formula is C14H8BrCl2NO3. The summed E-state index contributed by atoms with van der Waals surface area (Å²) < 4.78 is 0.639. The van der Waals surface area contributed by atoms with E-state index in [0.29, 0.717) is 4.47 Å². The molecule has 0 unspecified atom stereocenters. The first-order valence-corrected chi connectivity index (χ1v) is 7.23. The molecule has 0 fully saturated rings. The minimum absolute atomic E-state index is 0.0234. The van der Waals surface area contributed by atoms with Gasteiger partial charge in [0.1, 0.15) is 0 Å². The van der Waals surface area contributed by atoms with Crippen LogP contribution in [0.1, 0.15) is 20.7 Å². The Balaban J connectivity index is 2.38. The molecule has 4 nitrogen and oxygen atoms in total. The fourth-order valence-electron chi connectivity index (χ4n) is 1.68. The number of hydrogen-bond donors (Lipinski definition) is 2. The maximum Gasteiger partial charge on any atom is 0.337 e. The van der Waals surface area contributed by atoms with Gasteiger partial charge in [-0.25, -0.2) is 4.79 Å². The molecule has 2 rings (SSSR count). The second-order valence-corrected chi connectivity index (χ2v) is 5.75. The number of amides is 1. The number of aromatic carboxylic acids is 1. The van der Waals surface area contributed by atoms with Gasteiger partial charge in [0.25, 0.3) is 5.91 Å². The number of halogens is 3. The first kappa shape index (κ1) is 15.8. The Kier molecular flexibility index (Phi) is 4.88. The molecule has 0 saturated heterocycles. The van der Waals surface area contributed by atoms with E-state index in [9.17, 15) is 9.59 Å². The van der Waals surface area contributed by atoms with Crippen LogP contribution in [0.4, 0.5) is 5.69 Å². The average molecular weight is 389 g/mol. The van der Waals surface area contributed by atoms with Crippen molar-refractivity contribution in [3.8, 4) is 0 Å². The molecule has 0 heterocycles. The average Bonchev–Trinajstić information content (AvgIpc) is 2.41. The molecule has 0 aliphatic rings. The fourth-order valence-corrected chi connectivity index (χ4v) is 2.42. The minimum Gasteiger partial charge on any atom is -0.478 e. The summed E-state index contributed by atoms with van der Waals surface area (Å²) in [5.41, 5.74) is 0.308. The van der Waals surface area contributed by atoms with Gasteiger partial charge in [-0.1, -0.05) is 45.2 Å². The van der Waals surface area contributed by atoms with Crippen molar-refractivity contribution < 1.29 is 14.7 Å². The molecule has 0 bridgehead atoms. The largest absolute Gasteiger partial charge is 0.478 e. The molecule has 0 aliphatic heterocycles. The first-order valence-electron chi connectivity index (χ1n) is 5.68. The van der Waals surface area contributed by atoms with Crippen LogP contribution < -0.4 is 5.32 Å². The van der Waals surface area contributed by atoms with E-state index in [2.05, 4.69) is 21.2 Å². The van der Waals surface area contributed by atoms with E-state index in [1.54, 1.807) is 18.2 Å². The predicted octanol–water partition coefficient (Wildman–Crippen LogP) is 4.71. The van der Waals surface area contributed by atoms with Crippen molar-refractivity contribution in [3.05, 3.63) is 62.0 Å². The quantitative estimate of drug-likeness (QED) is 0.800. The molecular weight excluding hydrogens is 381 g/mol. The van der Waals surface area contributed by atoms with Crippen molar-refractivity contribution in [2.45, 2.75) is 0 Å². The summed E-state index contributed by atoms with van der Waals surface area (Å²) in [6, 6.07) is 9.11. The highest BCUT2D eigenvalue weighted by molar-refractivity contribution is 9.10. The zero-order valence-electron chi connectivity index (χ0n) is 10.4. The molecule has 0 saturated carbocycles. The molecule has 0 aliphatic carbocycles. The lowest BCUT2D eigenvalue weighted by molar-refractivity contribution is 0.0698. The van der Waals surface area contributed by atoms with Gasteiger partial charge in [-0.2, -0.15) is 0 Å². The Bertz CT molecular complexity index is 734. The molecule has 0 radical (unpaired) electrons. The fraction of sp³-hybridized carbons (Fsp3) is 0. The Morgan fingerprint density at radius 2 is 1.81 bits per heavy atom. The normalized spacial score (nSPS) is 10.2. The van der Waals surface area contributed by atoms with Crippen LogP contribution in [0.2, 0.25) is 10.0 Å². The lowest BCUT2D eigenvalue weighted by Crippen LogP contribution is -2.15. The Morgan fingerprint density at radius 3 is 2.48 bits per heavy atom. The summed E-state index contributed by atoms with van der Waals surface area (Å²) in [7, 11) is 0. The molecule has 2 aromatic rings. The highest BCUT2D eigenvalue weighted by atomic mass is 79.9. The second-order valence-electron chi connectivity index (χ2n) is 4.05. The number of carboxylic acids is 1. The van der Waals surface area contributed by atoms with Crippen molar-refractivity contribution in [1.82, 2.24) is 0 Å². The standard InChI is InChI=1S/C14H8BrCl2NO3/c15-7-4-5-8(14(20)21)11(6-7)18-13(19)9-2-1-3-10(16)12(9)17/h1-6H,(H,18,19)(H,20,21). The van der Waals surface area contributed by atoms with Gasteiger partial charge in [0, 0.05) is 4.47 Å². The number of carbonyl (C=O) groups excluding carboxylic acids is 1. The van der Waals surface area contributed by atoms with Gasteiger partial charge in [-0.3, -0.25) is 4.79 Å². The first-order chi connectivity index (χ1) is 9.90. The van der Waals surface area contributed by atoms with Crippen LogP contribution in [0.5, 0.6) is 0 Å². The molecule has 108 valence electrons. The van der Waals surface area contributed by atoms with Crippen LogP contribution in [0.15, 0.2) is 40.9 Å². The monoisotopic (exact) mass is 387 g/mol. The maximum atomic E-state index is 12.2. The summed E-state index contributed by atoms with van der Waals surface area (Å²) in [6.07, 6.45) is 0. The molecule has 0 atom stereocenters. The van der Waals surface area contributed by atoms with Crippen LogP contribution in [-0.4, -0.2) is 17.0 Å². The summed E-state index contributed by atoms with van der Waals surface area (Å²) in [4.78, 5) is 23.4. The third-order valence-electron chi connectivity index (χ3n) is 2.66. The topological polar surface area (TPSA) is 66.4 Å². The molecule has 2 aromatic carbocycles. The van der Waals surface area contributed by atoms with Crippen molar-refractivity contribution in [2.24, 2.45) is 0 Å². The van der Waals surface area contributed by atoms with E-state index in [0.717, 1.165) is 0 Å². The predicted molar refractivity (Wildman–Crippen MR) is 85.5 cm³/mol. The van der Waals surface area contributed by atoms with Gasteiger partial charge >= 0.3 is 5.97 Å². The van der Waals surface area contributed by atoms with Gasteiger partial charge in [0.15, 0.2) is 0 Å². The molecule has 1 amide bonds. The smallest absolute Gasteiger partial charge is 0.337 e. The molecule has 0 spiro atoms. The summed E-state index contributed by atoms with van der Waals surface area (Å²) >= 11 is 15.1. The maximum absolute atomic E-state index is 12.2. The third kappa shape index (κ3) is 3.56. The van der Waals surface area contributed by atoms with Crippen molar-refractivity contribution >= 4 is 56.7 Å². The van der Waals surface area contributed by atoms with Crippen molar-refractivity contribution in [1.29, 1.82) is 0 Å². The number of benzene rings is 2.